The fourth-order valence-electron chi connectivity index (χ4n) is 3.34. The Hall–Kier alpha value is -2.16. The minimum absolute atomic E-state index is 0.0154. The molecule has 0 radical (unpaired) electrons. The fraction of sp³-hybridized carbons (Fsp3) is 0.684. The lowest BCUT2D eigenvalue weighted by atomic mass is 10.1. The van der Waals surface area contributed by atoms with Gasteiger partial charge in [0.15, 0.2) is 5.13 Å². The average molecular weight is 409 g/mol. The molecule has 154 valence electrons. The molecule has 1 atom stereocenters. The van der Waals surface area contributed by atoms with Gasteiger partial charge in [-0.05, 0) is 34.6 Å². The van der Waals surface area contributed by atoms with Crippen molar-refractivity contribution in [3.63, 3.8) is 0 Å². The zero-order valence-electron chi connectivity index (χ0n) is 17.1. The number of carbonyl (C=O) groups excluding carboxylic acids is 3. The molecule has 3 amide bonds. The predicted octanol–water partition coefficient (Wildman–Crippen LogP) is 2.63. The van der Waals surface area contributed by atoms with Gasteiger partial charge in [0.25, 0.3) is 0 Å². The van der Waals surface area contributed by atoms with E-state index in [1.54, 1.807) is 9.80 Å². The first-order valence-corrected chi connectivity index (χ1v) is 10.4. The summed E-state index contributed by atoms with van der Waals surface area (Å²) in [6.07, 6.45) is 0.529. The molecule has 0 saturated carbocycles. The third-order valence-electron chi connectivity index (χ3n) is 4.77. The van der Waals surface area contributed by atoms with Crippen LogP contribution in [0.1, 0.15) is 51.6 Å². The van der Waals surface area contributed by atoms with E-state index in [4.69, 9.17) is 4.74 Å². The van der Waals surface area contributed by atoms with Crippen LogP contribution in [-0.2, 0) is 27.3 Å². The first-order valence-electron chi connectivity index (χ1n) is 9.60. The maximum absolute atomic E-state index is 12.6. The molecule has 3 rings (SSSR count). The minimum Gasteiger partial charge on any atom is -0.444 e. The van der Waals surface area contributed by atoms with E-state index in [0.717, 1.165) is 10.6 Å². The van der Waals surface area contributed by atoms with Crippen LogP contribution in [0.25, 0.3) is 0 Å². The van der Waals surface area contributed by atoms with Crippen molar-refractivity contribution in [2.75, 3.05) is 18.4 Å². The predicted molar refractivity (Wildman–Crippen MR) is 106 cm³/mol. The maximum atomic E-state index is 12.6. The number of thiazole rings is 1. The summed E-state index contributed by atoms with van der Waals surface area (Å²) in [6.45, 7) is 10.8. The number of anilines is 1. The molecule has 0 aromatic carbocycles. The molecule has 2 aliphatic heterocycles. The maximum Gasteiger partial charge on any atom is 0.410 e. The summed E-state index contributed by atoms with van der Waals surface area (Å²) in [4.78, 5) is 45.7. The van der Waals surface area contributed by atoms with Crippen molar-refractivity contribution in [1.82, 2.24) is 14.8 Å². The molecular formula is C19H28N4O4S. The van der Waals surface area contributed by atoms with E-state index in [2.05, 4.69) is 10.3 Å². The van der Waals surface area contributed by atoms with E-state index < -0.39 is 5.60 Å². The SMILES string of the molecule is CC(C)N1CC(C(=O)Nc2nc3c(s2)CN(C(=O)OC(C)(C)C)CC3)CC1=O. The number of amides is 3. The Bertz CT molecular complexity index is 783. The van der Waals surface area contributed by atoms with Crippen LogP contribution in [0.5, 0.6) is 0 Å². The molecular weight excluding hydrogens is 380 g/mol. The third-order valence-corrected chi connectivity index (χ3v) is 5.76. The minimum atomic E-state index is -0.535. The highest BCUT2D eigenvalue weighted by Crippen LogP contribution is 2.30. The van der Waals surface area contributed by atoms with Gasteiger partial charge in [-0.25, -0.2) is 9.78 Å². The summed E-state index contributed by atoms with van der Waals surface area (Å²) in [6, 6.07) is 0.0938. The van der Waals surface area contributed by atoms with Crippen LogP contribution < -0.4 is 5.32 Å². The summed E-state index contributed by atoms with van der Waals surface area (Å²) < 4.78 is 5.44. The van der Waals surface area contributed by atoms with E-state index in [1.165, 1.54) is 11.3 Å². The van der Waals surface area contributed by atoms with Gasteiger partial charge >= 0.3 is 6.09 Å². The van der Waals surface area contributed by atoms with Crippen LogP contribution in [0.4, 0.5) is 9.93 Å². The Labute approximate surface area is 169 Å². The molecule has 1 N–H and O–H groups in total. The number of ether oxygens (including phenoxy) is 1. The van der Waals surface area contributed by atoms with Crippen molar-refractivity contribution in [3.8, 4) is 0 Å². The monoisotopic (exact) mass is 408 g/mol. The second-order valence-electron chi connectivity index (χ2n) is 8.57. The van der Waals surface area contributed by atoms with Crippen molar-refractivity contribution >= 4 is 34.4 Å². The van der Waals surface area contributed by atoms with Gasteiger partial charge in [0, 0.05) is 36.9 Å². The molecule has 8 nitrogen and oxygen atoms in total. The molecule has 1 fully saturated rings. The van der Waals surface area contributed by atoms with Crippen LogP contribution in [-0.4, -0.2) is 57.4 Å². The average Bonchev–Trinajstić information content (AvgIpc) is 3.15. The van der Waals surface area contributed by atoms with E-state index >= 15 is 0 Å². The summed E-state index contributed by atoms with van der Waals surface area (Å²) in [7, 11) is 0. The van der Waals surface area contributed by atoms with E-state index in [9.17, 15) is 14.4 Å². The Kier molecular flexibility index (Phi) is 5.65. The summed E-state index contributed by atoms with van der Waals surface area (Å²) >= 11 is 1.38. The summed E-state index contributed by atoms with van der Waals surface area (Å²) in [5, 5.41) is 3.38. The van der Waals surface area contributed by atoms with Crippen LogP contribution >= 0.6 is 11.3 Å². The van der Waals surface area contributed by atoms with E-state index in [-0.39, 0.29) is 36.3 Å². The van der Waals surface area contributed by atoms with Gasteiger partial charge < -0.3 is 19.9 Å². The smallest absolute Gasteiger partial charge is 0.410 e. The Morgan fingerprint density at radius 3 is 2.64 bits per heavy atom. The largest absolute Gasteiger partial charge is 0.444 e. The highest BCUT2D eigenvalue weighted by atomic mass is 32.1. The second kappa shape index (κ2) is 7.69. The third kappa shape index (κ3) is 4.63. The van der Waals surface area contributed by atoms with Gasteiger partial charge in [0.2, 0.25) is 11.8 Å². The highest BCUT2D eigenvalue weighted by Gasteiger charge is 2.36. The van der Waals surface area contributed by atoms with Crippen molar-refractivity contribution in [2.24, 2.45) is 5.92 Å². The summed E-state index contributed by atoms with van der Waals surface area (Å²) in [5.41, 5.74) is 0.374. The molecule has 1 aromatic heterocycles. The normalized spacial score (nSPS) is 19.8. The number of aromatic nitrogens is 1. The molecule has 1 saturated heterocycles. The Balaban J connectivity index is 1.61. The lowest BCUT2D eigenvalue weighted by Gasteiger charge is -2.29. The van der Waals surface area contributed by atoms with Crippen LogP contribution in [0.15, 0.2) is 0 Å². The molecule has 2 aliphatic rings. The fourth-order valence-corrected chi connectivity index (χ4v) is 4.37. The van der Waals surface area contributed by atoms with Gasteiger partial charge in [-0.2, -0.15) is 0 Å². The second-order valence-corrected chi connectivity index (χ2v) is 9.65. The standard InChI is InChI=1S/C19H28N4O4S/c1-11(2)23-9-12(8-15(23)24)16(25)21-17-20-13-6-7-22(10-14(13)28-17)18(26)27-19(3,4)5/h11-12H,6-10H2,1-5H3,(H,20,21,25). The van der Waals surface area contributed by atoms with E-state index in [1.807, 2.05) is 34.6 Å². The molecule has 9 heteroatoms. The van der Waals surface area contributed by atoms with Gasteiger partial charge in [0.1, 0.15) is 5.60 Å². The molecule has 1 unspecified atom stereocenters. The van der Waals surface area contributed by atoms with Crippen molar-refractivity contribution in [2.45, 2.75) is 65.6 Å². The number of likely N-dealkylation sites (tertiary alicyclic amines) is 1. The highest BCUT2D eigenvalue weighted by molar-refractivity contribution is 7.15. The molecule has 1 aromatic rings. The zero-order chi connectivity index (χ0) is 20.6. The zero-order valence-corrected chi connectivity index (χ0v) is 17.9. The van der Waals surface area contributed by atoms with Crippen molar-refractivity contribution in [3.05, 3.63) is 10.6 Å². The van der Waals surface area contributed by atoms with Crippen LogP contribution in [0.2, 0.25) is 0 Å². The number of fused-ring (bicyclic) bond motifs is 1. The topological polar surface area (TPSA) is 91.8 Å². The van der Waals surface area contributed by atoms with Gasteiger partial charge in [0.05, 0.1) is 18.2 Å². The Morgan fingerprint density at radius 2 is 2.04 bits per heavy atom. The number of nitrogens with one attached hydrogen (secondary N) is 1. The molecule has 0 spiro atoms. The molecule has 3 heterocycles. The molecule has 0 aliphatic carbocycles. The summed E-state index contributed by atoms with van der Waals surface area (Å²) in [5.74, 6) is -0.512. The van der Waals surface area contributed by atoms with Crippen molar-refractivity contribution < 1.29 is 19.1 Å². The first kappa shape index (κ1) is 20.6. The number of hydrogen-bond acceptors (Lipinski definition) is 6. The number of nitrogens with zero attached hydrogens (tertiary/aromatic N) is 3. The first-order chi connectivity index (χ1) is 13.0. The Morgan fingerprint density at radius 1 is 1.32 bits per heavy atom. The lowest BCUT2D eigenvalue weighted by molar-refractivity contribution is -0.129. The number of rotatable bonds is 3. The van der Waals surface area contributed by atoms with Gasteiger partial charge in [-0.15, -0.1) is 0 Å². The van der Waals surface area contributed by atoms with Crippen LogP contribution in [0.3, 0.4) is 0 Å². The lowest BCUT2D eigenvalue weighted by Crippen LogP contribution is -2.39. The van der Waals surface area contributed by atoms with E-state index in [0.29, 0.717) is 31.2 Å². The van der Waals surface area contributed by atoms with Crippen LogP contribution in [0, 0.1) is 5.92 Å². The number of carbonyl (C=O) groups is 3. The van der Waals surface area contributed by atoms with Gasteiger partial charge in [-0.1, -0.05) is 11.3 Å². The quantitative estimate of drug-likeness (QED) is 0.830. The number of hydrogen-bond donors (Lipinski definition) is 1. The molecule has 28 heavy (non-hydrogen) atoms. The van der Waals surface area contributed by atoms with Gasteiger partial charge in [-0.3, -0.25) is 9.59 Å². The molecule has 0 bridgehead atoms. The van der Waals surface area contributed by atoms with Crippen molar-refractivity contribution in [1.29, 1.82) is 0 Å².